The summed E-state index contributed by atoms with van der Waals surface area (Å²) in [6, 6.07) is 5.94. The zero-order valence-corrected chi connectivity index (χ0v) is 9.95. The van der Waals surface area contributed by atoms with Gasteiger partial charge in [-0.15, -0.1) is 0 Å². The number of aromatic amines is 1. The second kappa shape index (κ2) is 4.53. The maximum atomic E-state index is 5.22. The third kappa shape index (κ3) is 2.17. The molecular formula is C12H17N3O. The van der Waals surface area contributed by atoms with E-state index < -0.39 is 0 Å². The Labute approximate surface area is 95.2 Å². The van der Waals surface area contributed by atoms with Crippen molar-refractivity contribution in [2.24, 2.45) is 0 Å². The number of likely N-dealkylation sites (N-methyl/N-ethyl adjacent to an activating group) is 1. The van der Waals surface area contributed by atoms with Gasteiger partial charge < -0.3 is 9.64 Å². The molecule has 1 aromatic carbocycles. The van der Waals surface area contributed by atoms with Crippen LogP contribution in [0.5, 0.6) is 5.75 Å². The molecule has 0 aliphatic carbocycles. The van der Waals surface area contributed by atoms with Crippen molar-refractivity contribution in [3.63, 3.8) is 0 Å². The van der Waals surface area contributed by atoms with E-state index in [0.717, 1.165) is 29.6 Å². The maximum absolute atomic E-state index is 5.22. The number of rotatable bonds is 4. The standard InChI is InChI=1S/C12H17N3O/c1-15(2)7-6-12-10-8-9(16-3)4-5-11(10)13-14-12/h4-5,8H,6-7H2,1-3H3,(H,13,14). The number of ether oxygens (including phenoxy) is 1. The zero-order chi connectivity index (χ0) is 11.5. The van der Waals surface area contributed by atoms with Crippen LogP contribution < -0.4 is 4.74 Å². The average Bonchev–Trinajstić information content (AvgIpc) is 2.68. The Bertz CT molecular complexity index is 476. The lowest BCUT2D eigenvalue weighted by Crippen LogP contribution is -2.15. The molecule has 16 heavy (non-hydrogen) atoms. The quantitative estimate of drug-likeness (QED) is 0.850. The van der Waals surface area contributed by atoms with Crippen molar-refractivity contribution in [1.29, 1.82) is 0 Å². The van der Waals surface area contributed by atoms with Crippen LogP contribution in [-0.4, -0.2) is 42.8 Å². The summed E-state index contributed by atoms with van der Waals surface area (Å²) in [4.78, 5) is 2.16. The average molecular weight is 219 g/mol. The molecule has 1 aromatic heterocycles. The third-order valence-electron chi connectivity index (χ3n) is 2.65. The maximum Gasteiger partial charge on any atom is 0.119 e. The van der Waals surface area contributed by atoms with Gasteiger partial charge >= 0.3 is 0 Å². The van der Waals surface area contributed by atoms with Crippen LogP contribution >= 0.6 is 0 Å². The van der Waals surface area contributed by atoms with Gasteiger partial charge in [0.2, 0.25) is 0 Å². The van der Waals surface area contributed by atoms with E-state index in [-0.39, 0.29) is 0 Å². The zero-order valence-electron chi connectivity index (χ0n) is 9.95. The van der Waals surface area contributed by atoms with E-state index in [1.807, 2.05) is 18.2 Å². The molecule has 0 saturated carbocycles. The Morgan fingerprint density at radius 2 is 2.19 bits per heavy atom. The Kier molecular flexibility index (Phi) is 3.10. The Balaban J connectivity index is 2.30. The minimum atomic E-state index is 0.875. The SMILES string of the molecule is COc1ccc2n[nH]c(CCN(C)C)c2c1. The fourth-order valence-electron chi connectivity index (χ4n) is 1.70. The first-order valence-corrected chi connectivity index (χ1v) is 5.36. The molecule has 86 valence electrons. The summed E-state index contributed by atoms with van der Waals surface area (Å²) < 4.78 is 5.22. The van der Waals surface area contributed by atoms with E-state index >= 15 is 0 Å². The molecule has 0 aliphatic heterocycles. The lowest BCUT2D eigenvalue weighted by molar-refractivity contribution is 0.411. The number of H-pyrrole nitrogens is 1. The van der Waals surface area contributed by atoms with Gasteiger partial charge in [-0.05, 0) is 32.3 Å². The molecule has 0 fully saturated rings. The second-order valence-electron chi connectivity index (χ2n) is 4.14. The molecule has 4 nitrogen and oxygen atoms in total. The highest BCUT2D eigenvalue weighted by atomic mass is 16.5. The molecule has 0 saturated heterocycles. The number of nitrogens with one attached hydrogen (secondary N) is 1. The molecule has 1 heterocycles. The van der Waals surface area contributed by atoms with Crippen LogP contribution in [-0.2, 0) is 6.42 Å². The van der Waals surface area contributed by atoms with Crippen LogP contribution in [0.15, 0.2) is 18.2 Å². The van der Waals surface area contributed by atoms with Crippen molar-refractivity contribution in [1.82, 2.24) is 15.1 Å². The molecule has 1 N–H and O–H groups in total. The van der Waals surface area contributed by atoms with E-state index in [4.69, 9.17) is 4.74 Å². The number of aromatic nitrogens is 2. The molecule has 0 amide bonds. The molecule has 2 rings (SSSR count). The number of fused-ring (bicyclic) bond motifs is 1. The van der Waals surface area contributed by atoms with Gasteiger partial charge in [0.15, 0.2) is 0 Å². The molecule has 0 bridgehead atoms. The molecular weight excluding hydrogens is 202 g/mol. The number of benzene rings is 1. The van der Waals surface area contributed by atoms with Crippen molar-refractivity contribution in [3.05, 3.63) is 23.9 Å². The van der Waals surface area contributed by atoms with Crippen LogP contribution in [0.2, 0.25) is 0 Å². The number of methoxy groups -OCH3 is 1. The van der Waals surface area contributed by atoms with E-state index in [2.05, 4.69) is 29.2 Å². The summed E-state index contributed by atoms with van der Waals surface area (Å²) >= 11 is 0. The van der Waals surface area contributed by atoms with Gasteiger partial charge in [0, 0.05) is 24.0 Å². The second-order valence-corrected chi connectivity index (χ2v) is 4.14. The Morgan fingerprint density at radius 1 is 1.38 bits per heavy atom. The normalized spacial score (nSPS) is 11.2. The van der Waals surface area contributed by atoms with Crippen LogP contribution in [0.1, 0.15) is 5.69 Å². The summed E-state index contributed by atoms with van der Waals surface area (Å²) in [5.74, 6) is 0.875. The van der Waals surface area contributed by atoms with Crippen LogP contribution in [0.4, 0.5) is 0 Å². The highest BCUT2D eigenvalue weighted by Crippen LogP contribution is 2.22. The van der Waals surface area contributed by atoms with E-state index in [1.54, 1.807) is 7.11 Å². The summed E-state index contributed by atoms with van der Waals surface area (Å²) in [6.07, 6.45) is 0.969. The van der Waals surface area contributed by atoms with Gasteiger partial charge in [0.05, 0.1) is 12.6 Å². The molecule has 0 spiro atoms. The van der Waals surface area contributed by atoms with E-state index in [9.17, 15) is 0 Å². The van der Waals surface area contributed by atoms with Crippen molar-refractivity contribution in [3.8, 4) is 5.75 Å². The Morgan fingerprint density at radius 3 is 2.88 bits per heavy atom. The molecule has 0 aliphatic rings. The summed E-state index contributed by atoms with van der Waals surface area (Å²) in [5.41, 5.74) is 2.16. The van der Waals surface area contributed by atoms with Gasteiger partial charge in [-0.2, -0.15) is 5.10 Å². The number of nitrogens with zero attached hydrogens (tertiary/aromatic N) is 2. The number of hydrogen-bond acceptors (Lipinski definition) is 3. The number of hydrogen-bond donors (Lipinski definition) is 1. The van der Waals surface area contributed by atoms with E-state index in [0.29, 0.717) is 0 Å². The summed E-state index contributed by atoms with van der Waals surface area (Å²) in [5, 5.41) is 8.51. The fourth-order valence-corrected chi connectivity index (χ4v) is 1.70. The van der Waals surface area contributed by atoms with Gasteiger partial charge in [-0.1, -0.05) is 0 Å². The van der Waals surface area contributed by atoms with Crippen molar-refractivity contribution < 1.29 is 4.74 Å². The lowest BCUT2D eigenvalue weighted by Gasteiger charge is -2.07. The Hall–Kier alpha value is -1.55. The van der Waals surface area contributed by atoms with Crippen molar-refractivity contribution >= 4 is 10.9 Å². The molecule has 0 radical (unpaired) electrons. The molecule has 0 unspecified atom stereocenters. The first kappa shape index (κ1) is 11.0. The minimum absolute atomic E-state index is 0.875. The van der Waals surface area contributed by atoms with Gasteiger partial charge in [-0.25, -0.2) is 0 Å². The summed E-state index contributed by atoms with van der Waals surface area (Å²) in [6.45, 7) is 1.01. The topological polar surface area (TPSA) is 41.1 Å². The molecule has 2 aromatic rings. The van der Waals surface area contributed by atoms with E-state index in [1.165, 1.54) is 5.69 Å². The fraction of sp³-hybridized carbons (Fsp3) is 0.417. The van der Waals surface area contributed by atoms with Crippen LogP contribution in [0.25, 0.3) is 10.9 Å². The van der Waals surface area contributed by atoms with Gasteiger partial charge in [-0.3, -0.25) is 5.10 Å². The largest absolute Gasteiger partial charge is 0.497 e. The van der Waals surface area contributed by atoms with Gasteiger partial charge in [0.1, 0.15) is 5.75 Å². The highest BCUT2D eigenvalue weighted by molar-refractivity contribution is 5.82. The predicted octanol–water partition coefficient (Wildman–Crippen LogP) is 1.68. The highest BCUT2D eigenvalue weighted by Gasteiger charge is 2.06. The third-order valence-corrected chi connectivity index (χ3v) is 2.65. The van der Waals surface area contributed by atoms with Crippen molar-refractivity contribution in [2.45, 2.75) is 6.42 Å². The predicted molar refractivity (Wildman–Crippen MR) is 64.9 cm³/mol. The lowest BCUT2D eigenvalue weighted by atomic mass is 10.1. The molecule has 4 heteroatoms. The first-order chi connectivity index (χ1) is 7.70. The van der Waals surface area contributed by atoms with Crippen molar-refractivity contribution in [2.75, 3.05) is 27.7 Å². The minimum Gasteiger partial charge on any atom is -0.497 e. The smallest absolute Gasteiger partial charge is 0.119 e. The first-order valence-electron chi connectivity index (χ1n) is 5.36. The van der Waals surface area contributed by atoms with Gasteiger partial charge in [0.25, 0.3) is 0 Å². The monoisotopic (exact) mass is 219 g/mol. The summed E-state index contributed by atoms with van der Waals surface area (Å²) in [7, 11) is 5.82. The molecule has 0 atom stereocenters. The van der Waals surface area contributed by atoms with Crippen LogP contribution in [0, 0.1) is 0 Å². The van der Waals surface area contributed by atoms with Crippen LogP contribution in [0.3, 0.4) is 0 Å².